The number of hydrogen-bond donors (Lipinski definition) is 2. The van der Waals surface area contributed by atoms with Gasteiger partial charge in [0.25, 0.3) is 0 Å². The number of para-hydroxylation sites is 1. The number of carboxylic acid groups (broad SMARTS) is 1. The molecule has 1 unspecified atom stereocenters. The van der Waals surface area contributed by atoms with Crippen LogP contribution >= 0.6 is 0 Å². The van der Waals surface area contributed by atoms with E-state index in [1.54, 1.807) is 29.2 Å². The minimum Gasteiger partial charge on any atom is -0.493 e. The van der Waals surface area contributed by atoms with E-state index in [9.17, 15) is 33.1 Å². The molecule has 13 heteroatoms. The van der Waals surface area contributed by atoms with E-state index in [1.165, 1.54) is 23.2 Å². The Labute approximate surface area is 257 Å². The first-order valence-corrected chi connectivity index (χ1v) is 14.5. The lowest BCUT2D eigenvalue weighted by atomic mass is 9.72. The van der Waals surface area contributed by atoms with E-state index in [-0.39, 0.29) is 50.3 Å². The predicted molar refractivity (Wildman–Crippen MR) is 156 cm³/mol. The van der Waals surface area contributed by atoms with Crippen LogP contribution in [0.1, 0.15) is 42.9 Å². The molecule has 1 aromatic heterocycles. The van der Waals surface area contributed by atoms with Crippen LogP contribution in [0.2, 0.25) is 0 Å². The lowest BCUT2D eigenvalue weighted by Gasteiger charge is -2.42. The third-order valence-electron chi connectivity index (χ3n) is 8.47. The second-order valence-electron chi connectivity index (χ2n) is 11.1. The van der Waals surface area contributed by atoms with E-state index >= 15 is 4.39 Å². The van der Waals surface area contributed by atoms with Crippen LogP contribution in [-0.2, 0) is 16.4 Å². The van der Waals surface area contributed by atoms with Crippen molar-refractivity contribution < 1.29 is 37.0 Å². The number of aromatic nitrogens is 1. The molecule has 2 saturated heterocycles. The third kappa shape index (κ3) is 6.36. The Hall–Kier alpha value is -4.86. The summed E-state index contributed by atoms with van der Waals surface area (Å²) in [4.78, 5) is 32.8. The van der Waals surface area contributed by atoms with Crippen LogP contribution in [0.5, 0.6) is 5.75 Å². The largest absolute Gasteiger partial charge is 0.493 e. The number of pyridine rings is 1. The van der Waals surface area contributed by atoms with Crippen molar-refractivity contribution in [1.29, 1.82) is 5.26 Å². The highest BCUT2D eigenvalue weighted by atomic mass is 19.4. The van der Waals surface area contributed by atoms with Gasteiger partial charge < -0.3 is 25.0 Å². The van der Waals surface area contributed by atoms with Gasteiger partial charge in [0.2, 0.25) is 5.91 Å². The summed E-state index contributed by atoms with van der Waals surface area (Å²) in [5.41, 5.74) is -1.25. The van der Waals surface area contributed by atoms with Gasteiger partial charge in [-0.15, -0.1) is 0 Å². The number of amides is 2. The van der Waals surface area contributed by atoms with Crippen molar-refractivity contribution >= 4 is 17.7 Å². The van der Waals surface area contributed by atoms with Gasteiger partial charge in [-0.2, -0.15) is 18.4 Å². The Morgan fingerprint density at radius 3 is 2.51 bits per heavy atom. The van der Waals surface area contributed by atoms with Gasteiger partial charge in [-0.25, -0.2) is 9.18 Å². The van der Waals surface area contributed by atoms with Gasteiger partial charge in [0.15, 0.2) is 0 Å². The SMILES string of the molecule is CCOc1ccccc1-c1ncc(C2(C(=O)NC3CCN(C(=O)O)C3)CCN(c3ccc(C(F)(F)F)cc3C#N)CC2)cc1F. The molecular weight excluding hydrogens is 594 g/mol. The van der Waals surface area contributed by atoms with Crippen LogP contribution in [0.25, 0.3) is 11.3 Å². The van der Waals surface area contributed by atoms with E-state index in [2.05, 4.69) is 10.3 Å². The summed E-state index contributed by atoms with van der Waals surface area (Å²) in [5, 5.41) is 21.9. The Balaban J connectivity index is 1.47. The highest BCUT2D eigenvalue weighted by molar-refractivity contribution is 5.89. The maximum atomic E-state index is 15.8. The molecule has 0 spiro atoms. The van der Waals surface area contributed by atoms with Crippen LogP contribution in [0, 0.1) is 17.1 Å². The zero-order valence-electron chi connectivity index (χ0n) is 24.4. The summed E-state index contributed by atoms with van der Waals surface area (Å²) in [7, 11) is 0. The summed E-state index contributed by atoms with van der Waals surface area (Å²) in [6.07, 6.45) is -3.56. The van der Waals surface area contributed by atoms with Gasteiger partial charge in [0, 0.05) is 44.0 Å². The van der Waals surface area contributed by atoms with Gasteiger partial charge in [0.05, 0.1) is 28.8 Å². The Morgan fingerprint density at radius 2 is 1.89 bits per heavy atom. The van der Waals surface area contributed by atoms with Crippen molar-refractivity contribution in [3.63, 3.8) is 0 Å². The second kappa shape index (κ2) is 12.6. The quantitative estimate of drug-likeness (QED) is 0.329. The van der Waals surface area contributed by atoms with Crippen LogP contribution < -0.4 is 15.0 Å². The number of alkyl halides is 3. The van der Waals surface area contributed by atoms with E-state index in [4.69, 9.17) is 4.74 Å². The molecule has 2 aliphatic rings. The highest BCUT2D eigenvalue weighted by Crippen LogP contribution is 2.41. The van der Waals surface area contributed by atoms with E-state index < -0.39 is 41.0 Å². The summed E-state index contributed by atoms with van der Waals surface area (Å²) in [6, 6.07) is 12.5. The number of benzene rings is 2. The molecule has 0 saturated carbocycles. The smallest absolute Gasteiger partial charge is 0.416 e. The van der Waals surface area contributed by atoms with Crippen molar-refractivity contribution in [2.45, 2.75) is 43.8 Å². The minimum absolute atomic E-state index is 0.0482. The number of nitrogens with one attached hydrogen (secondary N) is 1. The standard InChI is InChI=1S/C32H31F4N5O4/c1-2-45-27-6-4-3-5-24(27)28-25(33)16-22(18-38-28)31(29(42)39-23-9-12-41(19-23)30(43)44)10-13-40(14-11-31)26-8-7-21(32(34,35)36)15-20(26)17-37/h3-8,15-16,18,23H,2,9-14,19H2,1H3,(H,39,42)(H,43,44). The van der Waals surface area contributed by atoms with Crippen LogP contribution in [0.15, 0.2) is 54.7 Å². The summed E-state index contributed by atoms with van der Waals surface area (Å²) >= 11 is 0. The molecule has 0 bridgehead atoms. The van der Waals surface area contributed by atoms with Crippen molar-refractivity contribution in [2.24, 2.45) is 0 Å². The van der Waals surface area contributed by atoms with E-state index in [0.717, 1.165) is 12.1 Å². The normalized spacial score (nSPS) is 17.9. The Morgan fingerprint density at radius 1 is 1.16 bits per heavy atom. The molecule has 45 heavy (non-hydrogen) atoms. The highest BCUT2D eigenvalue weighted by Gasteiger charge is 2.45. The maximum absolute atomic E-state index is 15.8. The zero-order valence-corrected chi connectivity index (χ0v) is 24.4. The van der Waals surface area contributed by atoms with Gasteiger partial charge in [-0.3, -0.25) is 9.78 Å². The molecule has 5 rings (SSSR count). The molecule has 1 atom stereocenters. The molecule has 3 heterocycles. The number of piperidine rings is 1. The van der Waals surface area contributed by atoms with Crippen LogP contribution in [0.4, 0.5) is 28.0 Å². The summed E-state index contributed by atoms with van der Waals surface area (Å²) in [6.45, 7) is 2.90. The van der Waals surface area contributed by atoms with Crippen molar-refractivity contribution in [3.8, 4) is 23.1 Å². The monoisotopic (exact) mass is 625 g/mol. The topological polar surface area (TPSA) is 119 Å². The number of anilines is 1. The number of hydrogen-bond acceptors (Lipinski definition) is 6. The van der Waals surface area contributed by atoms with Crippen LogP contribution in [0.3, 0.4) is 0 Å². The molecule has 2 N–H and O–H groups in total. The lowest BCUT2D eigenvalue weighted by Crippen LogP contribution is -2.54. The number of carbonyl (C=O) groups excluding carboxylic acids is 1. The molecule has 236 valence electrons. The number of nitrogens with zero attached hydrogens (tertiary/aromatic N) is 4. The van der Waals surface area contributed by atoms with Crippen LogP contribution in [-0.4, -0.2) is 65.8 Å². The van der Waals surface area contributed by atoms with Gasteiger partial charge >= 0.3 is 12.3 Å². The number of halogens is 4. The molecule has 0 aliphatic carbocycles. The van der Waals surface area contributed by atoms with E-state index in [1.807, 2.05) is 13.0 Å². The molecule has 2 fully saturated rings. The minimum atomic E-state index is -4.61. The molecule has 2 amide bonds. The fraction of sp³-hybridized carbons (Fsp3) is 0.375. The average Bonchev–Trinajstić information content (AvgIpc) is 3.50. The molecule has 2 aromatic carbocycles. The number of ether oxygens (including phenoxy) is 1. The Bertz CT molecular complexity index is 1630. The third-order valence-corrected chi connectivity index (χ3v) is 8.47. The van der Waals surface area contributed by atoms with Gasteiger partial charge in [-0.05, 0) is 68.1 Å². The first-order chi connectivity index (χ1) is 21.5. The van der Waals surface area contributed by atoms with Crippen molar-refractivity contribution in [1.82, 2.24) is 15.2 Å². The fourth-order valence-corrected chi connectivity index (χ4v) is 6.07. The first-order valence-electron chi connectivity index (χ1n) is 14.5. The first kappa shape index (κ1) is 31.6. The van der Waals surface area contributed by atoms with Crippen molar-refractivity contribution in [3.05, 3.63) is 77.2 Å². The van der Waals surface area contributed by atoms with Crippen molar-refractivity contribution in [2.75, 3.05) is 37.7 Å². The van der Waals surface area contributed by atoms with Gasteiger partial charge in [0.1, 0.15) is 23.3 Å². The number of nitriles is 1. The van der Waals surface area contributed by atoms with E-state index in [0.29, 0.717) is 35.6 Å². The number of carbonyl (C=O) groups is 2. The molecule has 3 aromatic rings. The summed E-state index contributed by atoms with van der Waals surface area (Å²) in [5.74, 6) is -0.633. The summed E-state index contributed by atoms with van der Waals surface area (Å²) < 4.78 is 61.3. The lowest BCUT2D eigenvalue weighted by molar-refractivity contribution is -0.137. The Kier molecular flexibility index (Phi) is 8.86. The molecular formula is C32H31F4N5O4. The molecule has 2 aliphatic heterocycles. The maximum Gasteiger partial charge on any atom is 0.416 e. The average molecular weight is 626 g/mol. The molecule has 0 radical (unpaired) electrons. The zero-order chi connectivity index (χ0) is 32.4. The number of likely N-dealkylation sites (tertiary alicyclic amines) is 1. The molecule has 9 nitrogen and oxygen atoms in total. The fourth-order valence-electron chi connectivity index (χ4n) is 6.07. The number of rotatable bonds is 7. The predicted octanol–water partition coefficient (Wildman–Crippen LogP) is 5.58. The second-order valence-corrected chi connectivity index (χ2v) is 11.1. The van der Waals surface area contributed by atoms with Gasteiger partial charge in [-0.1, -0.05) is 12.1 Å².